The molecule has 20 heavy (non-hydrogen) atoms. The molecule has 0 unspecified atom stereocenters. The number of hydrogen-bond donors (Lipinski definition) is 3. The minimum Gasteiger partial charge on any atom is -0.402 e. The Bertz CT molecular complexity index is 602. The van der Waals surface area contributed by atoms with Gasteiger partial charge in [-0.25, -0.2) is 0 Å². The van der Waals surface area contributed by atoms with E-state index < -0.39 is 13.5 Å². The molecule has 6 heteroatoms. The quantitative estimate of drug-likeness (QED) is 0.557. The van der Waals surface area contributed by atoms with E-state index in [1.54, 1.807) is 0 Å². The van der Waals surface area contributed by atoms with Crippen molar-refractivity contribution in [3.05, 3.63) is 48.0 Å². The summed E-state index contributed by atoms with van der Waals surface area (Å²) in [6, 6.07) is 13.8. The van der Waals surface area contributed by atoms with Crippen LogP contribution in [0.3, 0.4) is 0 Å². The van der Waals surface area contributed by atoms with Crippen LogP contribution in [0, 0.1) is 0 Å². The van der Waals surface area contributed by atoms with E-state index in [2.05, 4.69) is 5.32 Å². The van der Waals surface area contributed by atoms with Crippen molar-refractivity contribution < 1.29 is 19.5 Å². The fraction of sp³-hybridized carbons (Fsp3) is 0.214. The Morgan fingerprint density at radius 3 is 2.60 bits per heavy atom. The lowest BCUT2D eigenvalue weighted by atomic mass is 10.0. The van der Waals surface area contributed by atoms with E-state index >= 15 is 0 Å². The molecule has 0 aliphatic carbocycles. The Morgan fingerprint density at radius 1 is 1.25 bits per heavy atom. The molecule has 3 N–H and O–H groups in total. The van der Waals surface area contributed by atoms with Crippen LogP contribution in [0.15, 0.2) is 42.5 Å². The first kappa shape index (κ1) is 14.5. The predicted octanol–water partition coefficient (Wildman–Crippen LogP) is 0.831. The summed E-state index contributed by atoms with van der Waals surface area (Å²) in [5, 5.41) is 22.5. The topological polar surface area (TPSA) is 78.8 Å². The summed E-state index contributed by atoms with van der Waals surface area (Å²) < 4.78 is 4.86. The number of carbonyl (C=O) groups is 1. The Hall–Kier alpha value is -1.89. The van der Waals surface area contributed by atoms with Crippen molar-refractivity contribution in [2.24, 2.45) is 0 Å². The summed E-state index contributed by atoms with van der Waals surface area (Å²) in [6.07, 6.45) is -0.434. The first-order chi connectivity index (χ1) is 9.54. The lowest BCUT2D eigenvalue weighted by Crippen LogP contribution is -2.41. The van der Waals surface area contributed by atoms with Gasteiger partial charge in [0.1, 0.15) is 6.23 Å². The average molecular weight is 273 g/mol. The predicted molar refractivity (Wildman–Crippen MR) is 76.5 cm³/mol. The Morgan fingerprint density at radius 2 is 1.95 bits per heavy atom. The smallest absolute Gasteiger partial charge is 0.402 e. The van der Waals surface area contributed by atoms with Gasteiger partial charge in [0.15, 0.2) is 0 Å². The highest BCUT2D eigenvalue weighted by molar-refractivity contribution is 6.32. The molecular weight excluding hydrogens is 257 g/mol. The SMILES string of the molecule is CC(=O)N[C@@H](Cc1ccc2ccccc2c1)OB(O)O. The molecule has 0 saturated heterocycles. The highest BCUT2D eigenvalue weighted by Crippen LogP contribution is 2.17. The van der Waals surface area contributed by atoms with Crippen molar-refractivity contribution in [3.63, 3.8) is 0 Å². The van der Waals surface area contributed by atoms with E-state index in [4.69, 9.17) is 14.7 Å². The van der Waals surface area contributed by atoms with Gasteiger partial charge in [-0.3, -0.25) is 4.79 Å². The molecule has 2 rings (SSSR count). The molecule has 1 atom stereocenters. The van der Waals surface area contributed by atoms with E-state index in [0.717, 1.165) is 16.3 Å². The molecule has 0 aliphatic heterocycles. The zero-order valence-corrected chi connectivity index (χ0v) is 11.1. The number of nitrogens with one attached hydrogen (secondary N) is 1. The van der Waals surface area contributed by atoms with Crippen molar-refractivity contribution in [2.45, 2.75) is 19.6 Å². The van der Waals surface area contributed by atoms with Gasteiger partial charge >= 0.3 is 7.32 Å². The molecule has 0 aromatic heterocycles. The van der Waals surface area contributed by atoms with Crippen LogP contribution >= 0.6 is 0 Å². The van der Waals surface area contributed by atoms with Crippen LogP contribution in [0.4, 0.5) is 0 Å². The number of carbonyl (C=O) groups excluding carboxylic acids is 1. The normalized spacial score (nSPS) is 12.2. The molecule has 0 fully saturated rings. The van der Waals surface area contributed by atoms with Crippen molar-refractivity contribution in [1.29, 1.82) is 0 Å². The number of rotatable bonds is 5. The van der Waals surface area contributed by atoms with E-state index in [1.165, 1.54) is 6.92 Å². The van der Waals surface area contributed by atoms with E-state index in [1.807, 2.05) is 42.5 Å². The molecular formula is C14H16BNO4. The van der Waals surface area contributed by atoms with Crippen molar-refractivity contribution in [2.75, 3.05) is 0 Å². The second-order valence-electron chi connectivity index (χ2n) is 4.54. The maximum atomic E-state index is 11.1. The number of benzene rings is 2. The third-order valence-corrected chi connectivity index (χ3v) is 2.89. The highest BCUT2D eigenvalue weighted by Gasteiger charge is 2.19. The van der Waals surface area contributed by atoms with E-state index in [9.17, 15) is 4.79 Å². The summed E-state index contributed by atoms with van der Waals surface area (Å²) >= 11 is 0. The standard InChI is InChI=1S/C14H16BNO4/c1-10(17)16-14(20-15(18)19)9-11-6-7-12-4-2-3-5-13(12)8-11/h2-8,14,18-19H,9H2,1H3,(H,16,17)/t14-/m1/s1. The lowest BCUT2D eigenvalue weighted by Gasteiger charge is -2.18. The van der Waals surface area contributed by atoms with Gasteiger partial charge in [0, 0.05) is 13.3 Å². The molecule has 1 amide bonds. The molecule has 0 saturated carbocycles. The number of amides is 1. The van der Waals surface area contributed by atoms with Gasteiger partial charge in [-0.2, -0.15) is 0 Å². The summed E-state index contributed by atoms with van der Waals surface area (Å²) in [5.74, 6) is -0.295. The van der Waals surface area contributed by atoms with Crippen molar-refractivity contribution in [3.8, 4) is 0 Å². The zero-order chi connectivity index (χ0) is 14.5. The van der Waals surface area contributed by atoms with Gasteiger partial charge < -0.3 is 20.0 Å². The first-order valence-electron chi connectivity index (χ1n) is 6.31. The molecule has 0 radical (unpaired) electrons. The van der Waals surface area contributed by atoms with Crippen LogP contribution in [0.5, 0.6) is 0 Å². The molecule has 2 aromatic carbocycles. The zero-order valence-electron chi connectivity index (χ0n) is 11.1. The summed E-state index contributed by atoms with van der Waals surface area (Å²) in [4.78, 5) is 11.1. The van der Waals surface area contributed by atoms with Crippen LogP contribution in [0.1, 0.15) is 12.5 Å². The fourth-order valence-corrected chi connectivity index (χ4v) is 2.09. The lowest BCUT2D eigenvalue weighted by molar-refractivity contribution is -0.121. The fourth-order valence-electron chi connectivity index (χ4n) is 2.09. The Kier molecular flexibility index (Phi) is 4.73. The van der Waals surface area contributed by atoms with Gasteiger partial charge in [-0.1, -0.05) is 42.5 Å². The Balaban J connectivity index is 2.16. The van der Waals surface area contributed by atoms with Gasteiger partial charge in [0.25, 0.3) is 0 Å². The molecule has 0 bridgehead atoms. The number of hydrogen-bond acceptors (Lipinski definition) is 4. The maximum Gasteiger partial charge on any atom is 0.635 e. The maximum absolute atomic E-state index is 11.1. The second-order valence-corrected chi connectivity index (χ2v) is 4.54. The summed E-state index contributed by atoms with van der Waals surface area (Å²) in [7, 11) is -1.92. The molecule has 2 aromatic rings. The average Bonchev–Trinajstić information content (AvgIpc) is 2.37. The van der Waals surface area contributed by atoms with Gasteiger partial charge in [-0.15, -0.1) is 0 Å². The Labute approximate surface area is 117 Å². The highest BCUT2D eigenvalue weighted by atomic mass is 16.6. The van der Waals surface area contributed by atoms with E-state index in [-0.39, 0.29) is 5.91 Å². The van der Waals surface area contributed by atoms with Crippen LogP contribution in [0.25, 0.3) is 10.8 Å². The van der Waals surface area contributed by atoms with Crippen LogP contribution < -0.4 is 5.32 Å². The molecule has 5 nitrogen and oxygen atoms in total. The van der Waals surface area contributed by atoms with Gasteiger partial charge in [0.2, 0.25) is 5.91 Å². The van der Waals surface area contributed by atoms with Crippen molar-refractivity contribution >= 4 is 24.0 Å². The molecule has 0 spiro atoms. The minimum absolute atomic E-state index is 0.295. The molecule has 0 aliphatic rings. The van der Waals surface area contributed by atoms with Crippen LogP contribution in [0.2, 0.25) is 0 Å². The third-order valence-electron chi connectivity index (χ3n) is 2.89. The van der Waals surface area contributed by atoms with Crippen LogP contribution in [-0.2, 0) is 15.9 Å². The number of fused-ring (bicyclic) bond motifs is 1. The summed E-state index contributed by atoms with van der Waals surface area (Å²) in [5.41, 5.74) is 0.933. The monoisotopic (exact) mass is 273 g/mol. The van der Waals surface area contributed by atoms with Gasteiger partial charge in [0.05, 0.1) is 0 Å². The summed E-state index contributed by atoms with van der Waals surface area (Å²) in [6.45, 7) is 1.35. The van der Waals surface area contributed by atoms with E-state index in [0.29, 0.717) is 6.42 Å². The van der Waals surface area contributed by atoms with Gasteiger partial charge in [-0.05, 0) is 16.3 Å². The molecule has 0 heterocycles. The van der Waals surface area contributed by atoms with Crippen LogP contribution in [-0.4, -0.2) is 29.5 Å². The second kappa shape index (κ2) is 6.52. The minimum atomic E-state index is -1.92. The largest absolute Gasteiger partial charge is 0.635 e. The third kappa shape index (κ3) is 4.06. The van der Waals surface area contributed by atoms with Crippen molar-refractivity contribution in [1.82, 2.24) is 5.32 Å². The first-order valence-corrected chi connectivity index (χ1v) is 6.31. The molecule has 104 valence electrons.